The lowest BCUT2D eigenvalue weighted by atomic mass is 10.2. The normalized spacial score (nSPS) is 12.6. The number of hydrogen-bond acceptors (Lipinski definition) is 4. The van der Waals surface area contributed by atoms with E-state index in [1.807, 2.05) is 18.2 Å². The summed E-state index contributed by atoms with van der Waals surface area (Å²) in [5, 5.41) is 2.68. The van der Waals surface area contributed by atoms with Crippen LogP contribution in [0.2, 0.25) is 0 Å². The number of nitrogens with two attached hydrogens (primary N) is 1. The van der Waals surface area contributed by atoms with E-state index in [-0.39, 0.29) is 19.2 Å². The predicted octanol–water partition coefficient (Wildman–Crippen LogP) is -0.00980. The van der Waals surface area contributed by atoms with Crippen LogP contribution in [-0.4, -0.2) is 19.2 Å². The molecule has 0 radical (unpaired) electrons. The topological polar surface area (TPSA) is 73.6 Å². The van der Waals surface area contributed by atoms with E-state index in [1.54, 1.807) is 0 Å². The highest BCUT2D eigenvalue weighted by Gasteiger charge is 2.16. The number of nitrogens with one attached hydrogen (secondary N) is 1. The predicted molar refractivity (Wildman–Crippen MR) is 53.5 cm³/mol. The Balaban J connectivity index is 2.09. The first kappa shape index (κ1) is 9.79. The van der Waals surface area contributed by atoms with Crippen LogP contribution < -0.4 is 20.5 Å². The molecule has 1 aromatic rings. The Morgan fingerprint density at radius 2 is 2.33 bits per heavy atom. The van der Waals surface area contributed by atoms with Crippen LogP contribution >= 0.6 is 0 Å². The molecule has 0 aromatic heterocycles. The molecule has 0 aliphatic carbocycles. The SMILES string of the molecule is NCC(=O)NCc1cccc2c1OCO2. The molecule has 1 aliphatic heterocycles. The van der Waals surface area contributed by atoms with Crippen molar-refractivity contribution in [3.05, 3.63) is 23.8 Å². The summed E-state index contributed by atoms with van der Waals surface area (Å²) in [6.07, 6.45) is 0. The molecule has 0 saturated heterocycles. The molecule has 0 bridgehead atoms. The summed E-state index contributed by atoms with van der Waals surface area (Å²) in [5.41, 5.74) is 6.08. The van der Waals surface area contributed by atoms with Crippen LogP contribution in [-0.2, 0) is 11.3 Å². The van der Waals surface area contributed by atoms with Crippen LogP contribution in [0.15, 0.2) is 18.2 Å². The molecular formula is C10H12N2O3. The van der Waals surface area contributed by atoms with E-state index in [2.05, 4.69) is 5.32 Å². The largest absolute Gasteiger partial charge is 0.454 e. The summed E-state index contributed by atoms with van der Waals surface area (Å²) in [4.78, 5) is 11.0. The lowest BCUT2D eigenvalue weighted by molar-refractivity contribution is -0.119. The van der Waals surface area contributed by atoms with Crippen molar-refractivity contribution in [3.63, 3.8) is 0 Å². The number of fused-ring (bicyclic) bond motifs is 1. The fourth-order valence-corrected chi connectivity index (χ4v) is 1.40. The number of para-hydroxylation sites is 1. The summed E-state index contributed by atoms with van der Waals surface area (Å²) in [6, 6.07) is 5.57. The minimum Gasteiger partial charge on any atom is -0.454 e. The fraction of sp³-hybridized carbons (Fsp3) is 0.300. The Hall–Kier alpha value is -1.75. The third-order valence-corrected chi connectivity index (χ3v) is 2.14. The van der Waals surface area contributed by atoms with E-state index in [0.29, 0.717) is 12.3 Å². The zero-order valence-electron chi connectivity index (χ0n) is 8.16. The molecule has 80 valence electrons. The lowest BCUT2D eigenvalue weighted by Gasteiger charge is -2.06. The second-order valence-corrected chi connectivity index (χ2v) is 3.13. The summed E-state index contributed by atoms with van der Waals surface area (Å²) >= 11 is 0. The van der Waals surface area contributed by atoms with Gasteiger partial charge in [-0.1, -0.05) is 12.1 Å². The van der Waals surface area contributed by atoms with E-state index in [0.717, 1.165) is 11.3 Å². The quantitative estimate of drug-likeness (QED) is 0.732. The first-order valence-corrected chi connectivity index (χ1v) is 4.65. The smallest absolute Gasteiger partial charge is 0.234 e. The third-order valence-electron chi connectivity index (χ3n) is 2.14. The average molecular weight is 208 g/mol. The molecule has 0 atom stereocenters. The van der Waals surface area contributed by atoms with Crippen molar-refractivity contribution in [2.75, 3.05) is 13.3 Å². The molecule has 15 heavy (non-hydrogen) atoms. The van der Waals surface area contributed by atoms with Gasteiger partial charge in [0.15, 0.2) is 11.5 Å². The van der Waals surface area contributed by atoms with Crippen LogP contribution in [0.5, 0.6) is 11.5 Å². The standard InChI is InChI=1S/C10H12N2O3/c11-4-9(13)12-5-7-2-1-3-8-10(7)15-6-14-8/h1-3H,4-6,11H2,(H,12,13). The highest BCUT2D eigenvalue weighted by atomic mass is 16.7. The monoisotopic (exact) mass is 208 g/mol. The maximum absolute atomic E-state index is 11.0. The van der Waals surface area contributed by atoms with E-state index in [1.165, 1.54) is 0 Å². The molecule has 2 rings (SSSR count). The van der Waals surface area contributed by atoms with E-state index >= 15 is 0 Å². The minimum absolute atomic E-state index is 0.00756. The second kappa shape index (κ2) is 4.18. The van der Waals surface area contributed by atoms with Crippen molar-refractivity contribution in [1.82, 2.24) is 5.32 Å². The number of rotatable bonds is 3. The van der Waals surface area contributed by atoms with Crippen LogP contribution in [0.1, 0.15) is 5.56 Å². The number of carbonyl (C=O) groups excluding carboxylic acids is 1. The summed E-state index contributed by atoms with van der Waals surface area (Å²) in [6.45, 7) is 0.631. The van der Waals surface area contributed by atoms with Crippen molar-refractivity contribution < 1.29 is 14.3 Å². The second-order valence-electron chi connectivity index (χ2n) is 3.13. The zero-order valence-corrected chi connectivity index (χ0v) is 8.16. The molecule has 1 amide bonds. The minimum atomic E-state index is -0.188. The number of ether oxygens (including phenoxy) is 2. The van der Waals surface area contributed by atoms with Gasteiger partial charge >= 0.3 is 0 Å². The van der Waals surface area contributed by atoms with Crippen LogP contribution in [0.25, 0.3) is 0 Å². The van der Waals surface area contributed by atoms with E-state index < -0.39 is 0 Å². The van der Waals surface area contributed by atoms with E-state index in [4.69, 9.17) is 15.2 Å². The molecule has 0 unspecified atom stereocenters. The van der Waals surface area contributed by atoms with Crippen molar-refractivity contribution in [1.29, 1.82) is 0 Å². The summed E-state index contributed by atoms with van der Waals surface area (Å²) in [5.74, 6) is 1.23. The molecule has 5 heteroatoms. The lowest BCUT2D eigenvalue weighted by Crippen LogP contribution is -2.29. The van der Waals surface area contributed by atoms with Gasteiger partial charge in [-0.05, 0) is 6.07 Å². The molecular weight excluding hydrogens is 196 g/mol. The molecule has 1 aliphatic rings. The van der Waals surface area contributed by atoms with Gasteiger partial charge in [0.1, 0.15) is 0 Å². The maximum atomic E-state index is 11.0. The average Bonchev–Trinajstić information content (AvgIpc) is 2.74. The zero-order chi connectivity index (χ0) is 10.7. The highest BCUT2D eigenvalue weighted by molar-refractivity contribution is 5.77. The Labute approximate surface area is 87.2 Å². The molecule has 0 spiro atoms. The highest BCUT2D eigenvalue weighted by Crippen LogP contribution is 2.34. The van der Waals surface area contributed by atoms with Crippen LogP contribution in [0.3, 0.4) is 0 Å². The van der Waals surface area contributed by atoms with Gasteiger partial charge in [-0.3, -0.25) is 4.79 Å². The molecule has 1 aromatic carbocycles. The van der Waals surface area contributed by atoms with Gasteiger partial charge in [0.05, 0.1) is 6.54 Å². The Morgan fingerprint density at radius 1 is 1.47 bits per heavy atom. The first-order chi connectivity index (χ1) is 7.31. The van der Waals surface area contributed by atoms with E-state index in [9.17, 15) is 4.79 Å². The van der Waals surface area contributed by atoms with Gasteiger partial charge in [0.2, 0.25) is 12.7 Å². The van der Waals surface area contributed by atoms with Gasteiger partial charge in [-0.2, -0.15) is 0 Å². The fourth-order valence-electron chi connectivity index (χ4n) is 1.40. The molecule has 1 heterocycles. The van der Waals surface area contributed by atoms with Crippen molar-refractivity contribution in [2.45, 2.75) is 6.54 Å². The maximum Gasteiger partial charge on any atom is 0.234 e. The summed E-state index contributed by atoms with van der Waals surface area (Å²) < 4.78 is 10.5. The van der Waals surface area contributed by atoms with Crippen LogP contribution in [0.4, 0.5) is 0 Å². The number of carbonyl (C=O) groups is 1. The van der Waals surface area contributed by atoms with Crippen molar-refractivity contribution >= 4 is 5.91 Å². The Bertz CT molecular complexity index is 379. The first-order valence-electron chi connectivity index (χ1n) is 4.65. The molecule has 5 nitrogen and oxygen atoms in total. The number of benzene rings is 1. The van der Waals surface area contributed by atoms with Gasteiger partial charge in [0.25, 0.3) is 0 Å². The number of amides is 1. The molecule has 3 N–H and O–H groups in total. The van der Waals surface area contributed by atoms with Gasteiger partial charge < -0.3 is 20.5 Å². The third kappa shape index (κ3) is 2.02. The van der Waals surface area contributed by atoms with Crippen LogP contribution in [0, 0.1) is 0 Å². The summed E-state index contributed by atoms with van der Waals surface area (Å²) in [7, 11) is 0. The van der Waals surface area contributed by atoms with Crippen molar-refractivity contribution in [2.24, 2.45) is 5.73 Å². The Morgan fingerprint density at radius 3 is 3.13 bits per heavy atom. The van der Waals surface area contributed by atoms with Gasteiger partial charge in [-0.15, -0.1) is 0 Å². The Kier molecular flexibility index (Phi) is 2.73. The number of hydrogen-bond donors (Lipinski definition) is 2. The van der Waals surface area contributed by atoms with Crippen molar-refractivity contribution in [3.8, 4) is 11.5 Å². The van der Waals surface area contributed by atoms with Gasteiger partial charge in [-0.25, -0.2) is 0 Å². The molecule has 0 saturated carbocycles. The van der Waals surface area contributed by atoms with Gasteiger partial charge in [0, 0.05) is 12.1 Å². The molecule has 0 fully saturated rings.